The Morgan fingerprint density at radius 3 is 2.61 bits per heavy atom. The lowest BCUT2D eigenvalue weighted by Gasteiger charge is -2.07. The summed E-state index contributed by atoms with van der Waals surface area (Å²) in [5, 5.41) is 9.33. The van der Waals surface area contributed by atoms with E-state index in [0.717, 1.165) is 17.7 Å². The van der Waals surface area contributed by atoms with Gasteiger partial charge >= 0.3 is 6.18 Å². The molecular formula is C22H17F3N4OS. The van der Waals surface area contributed by atoms with Crippen LogP contribution in [0, 0.1) is 0 Å². The third kappa shape index (κ3) is 5.37. The number of aromatic nitrogens is 3. The van der Waals surface area contributed by atoms with Crippen LogP contribution in [0.1, 0.15) is 16.8 Å². The molecule has 1 amide bonds. The molecule has 158 valence electrons. The lowest BCUT2D eigenvalue weighted by molar-refractivity contribution is -0.137. The minimum atomic E-state index is -4.37. The molecule has 0 unspecified atom stereocenters. The summed E-state index contributed by atoms with van der Waals surface area (Å²) in [6.07, 6.45) is -0.735. The van der Waals surface area contributed by atoms with E-state index < -0.39 is 11.7 Å². The maximum absolute atomic E-state index is 12.7. The van der Waals surface area contributed by atoms with Crippen molar-refractivity contribution in [1.82, 2.24) is 14.8 Å². The Balaban J connectivity index is 1.38. The number of benzene rings is 2. The molecule has 0 spiro atoms. The van der Waals surface area contributed by atoms with Gasteiger partial charge in [0.15, 0.2) is 0 Å². The second-order valence-corrected chi connectivity index (χ2v) is 7.71. The molecule has 1 N–H and O–H groups in total. The van der Waals surface area contributed by atoms with E-state index in [9.17, 15) is 18.0 Å². The Kier molecular flexibility index (Phi) is 5.85. The molecule has 0 aliphatic rings. The van der Waals surface area contributed by atoms with Crippen LogP contribution in [0.25, 0.3) is 10.6 Å². The van der Waals surface area contributed by atoms with Crippen molar-refractivity contribution in [2.75, 3.05) is 5.32 Å². The Labute approximate surface area is 180 Å². The number of nitrogens with zero attached hydrogens (tertiary/aromatic N) is 3. The summed E-state index contributed by atoms with van der Waals surface area (Å²) >= 11 is 1.29. The third-order valence-corrected chi connectivity index (χ3v) is 5.41. The molecule has 4 aromatic rings. The van der Waals surface area contributed by atoms with Gasteiger partial charge in [-0.2, -0.15) is 18.3 Å². The zero-order chi connectivity index (χ0) is 21.8. The first kappa shape index (κ1) is 20.8. The normalized spacial score (nSPS) is 11.5. The number of thiazole rings is 1. The SMILES string of the molecule is O=C(Cc1csc(-c2ccc(C(F)(F)F)cc2)n1)Nc1cccc(Cn2cccn2)c1. The molecule has 9 heteroatoms. The number of halogens is 3. The van der Waals surface area contributed by atoms with Gasteiger partial charge in [0.2, 0.25) is 5.91 Å². The summed E-state index contributed by atoms with van der Waals surface area (Å²) < 4.78 is 39.9. The first-order valence-electron chi connectivity index (χ1n) is 9.35. The smallest absolute Gasteiger partial charge is 0.326 e. The van der Waals surface area contributed by atoms with E-state index in [1.54, 1.807) is 22.3 Å². The van der Waals surface area contributed by atoms with Crippen LogP contribution in [0.5, 0.6) is 0 Å². The van der Waals surface area contributed by atoms with E-state index in [-0.39, 0.29) is 12.3 Å². The van der Waals surface area contributed by atoms with E-state index in [2.05, 4.69) is 15.4 Å². The van der Waals surface area contributed by atoms with Crippen molar-refractivity contribution in [3.05, 3.63) is 89.2 Å². The highest BCUT2D eigenvalue weighted by atomic mass is 32.1. The first-order chi connectivity index (χ1) is 14.9. The van der Waals surface area contributed by atoms with Crippen molar-refractivity contribution in [2.24, 2.45) is 0 Å². The van der Waals surface area contributed by atoms with E-state index in [1.807, 2.05) is 30.5 Å². The zero-order valence-corrected chi connectivity index (χ0v) is 17.0. The van der Waals surface area contributed by atoms with Crippen molar-refractivity contribution in [1.29, 1.82) is 0 Å². The van der Waals surface area contributed by atoms with Gasteiger partial charge in [-0.1, -0.05) is 24.3 Å². The number of hydrogen-bond acceptors (Lipinski definition) is 4. The summed E-state index contributed by atoms with van der Waals surface area (Å²) in [5.74, 6) is -0.222. The highest BCUT2D eigenvalue weighted by Gasteiger charge is 2.30. The number of carbonyl (C=O) groups is 1. The molecule has 2 aromatic carbocycles. The fourth-order valence-electron chi connectivity index (χ4n) is 3.02. The molecule has 0 aliphatic heterocycles. The van der Waals surface area contributed by atoms with Gasteiger partial charge < -0.3 is 5.32 Å². The number of hydrogen-bond donors (Lipinski definition) is 1. The topological polar surface area (TPSA) is 59.8 Å². The largest absolute Gasteiger partial charge is 0.416 e. The van der Waals surface area contributed by atoms with Gasteiger partial charge in [0.25, 0.3) is 0 Å². The lowest BCUT2D eigenvalue weighted by Crippen LogP contribution is -2.14. The Bertz CT molecular complexity index is 1170. The standard InChI is InChI=1S/C22H17F3N4OS/c23-22(24,25)17-7-5-16(6-8-17)21-28-19(14-31-21)12-20(30)27-18-4-1-3-15(11-18)13-29-10-2-9-26-29/h1-11,14H,12-13H2,(H,27,30). The number of alkyl halides is 3. The van der Waals surface area contributed by atoms with Crippen molar-refractivity contribution >= 4 is 22.9 Å². The molecule has 0 bridgehead atoms. The minimum absolute atomic E-state index is 0.0700. The fourth-order valence-corrected chi connectivity index (χ4v) is 3.85. The minimum Gasteiger partial charge on any atom is -0.326 e. The number of anilines is 1. The van der Waals surface area contributed by atoms with Crippen LogP contribution in [0.2, 0.25) is 0 Å². The van der Waals surface area contributed by atoms with Crippen molar-refractivity contribution < 1.29 is 18.0 Å². The van der Waals surface area contributed by atoms with Gasteiger partial charge in [0.1, 0.15) is 5.01 Å². The molecule has 0 saturated carbocycles. The Hall–Kier alpha value is -3.46. The Morgan fingerprint density at radius 2 is 1.90 bits per heavy atom. The second-order valence-electron chi connectivity index (χ2n) is 6.85. The van der Waals surface area contributed by atoms with Gasteiger partial charge in [-0.25, -0.2) is 4.98 Å². The third-order valence-electron chi connectivity index (χ3n) is 4.47. The molecule has 2 heterocycles. The van der Waals surface area contributed by atoms with Crippen LogP contribution in [0.4, 0.5) is 18.9 Å². The van der Waals surface area contributed by atoms with Crippen molar-refractivity contribution in [3.8, 4) is 10.6 Å². The summed E-state index contributed by atoms with van der Waals surface area (Å²) in [6.45, 7) is 0.597. The second kappa shape index (κ2) is 8.73. The van der Waals surface area contributed by atoms with Gasteiger partial charge in [-0.3, -0.25) is 9.48 Å². The first-order valence-corrected chi connectivity index (χ1v) is 10.2. The molecule has 0 atom stereocenters. The van der Waals surface area contributed by atoms with Crippen molar-refractivity contribution in [2.45, 2.75) is 19.1 Å². The molecule has 0 radical (unpaired) electrons. The number of nitrogens with one attached hydrogen (secondary N) is 1. The van der Waals surface area contributed by atoms with Crippen LogP contribution in [0.3, 0.4) is 0 Å². The quantitative estimate of drug-likeness (QED) is 0.443. The van der Waals surface area contributed by atoms with Crippen molar-refractivity contribution in [3.63, 3.8) is 0 Å². The number of rotatable bonds is 6. The van der Waals surface area contributed by atoms with E-state index in [4.69, 9.17) is 0 Å². The summed E-state index contributed by atoms with van der Waals surface area (Å²) in [5.41, 5.74) is 2.11. The average molecular weight is 442 g/mol. The molecular weight excluding hydrogens is 425 g/mol. The van der Waals surface area contributed by atoms with Crippen LogP contribution in [-0.2, 0) is 23.9 Å². The maximum Gasteiger partial charge on any atom is 0.416 e. The molecule has 0 fully saturated rings. The number of carbonyl (C=O) groups excluding carboxylic acids is 1. The monoisotopic (exact) mass is 442 g/mol. The average Bonchev–Trinajstić information content (AvgIpc) is 3.40. The van der Waals surface area contributed by atoms with Crippen LogP contribution in [0.15, 0.2) is 72.4 Å². The van der Waals surface area contributed by atoms with Crippen LogP contribution < -0.4 is 5.32 Å². The number of amides is 1. The lowest BCUT2D eigenvalue weighted by atomic mass is 10.1. The molecule has 31 heavy (non-hydrogen) atoms. The van der Waals surface area contributed by atoms with E-state index in [1.165, 1.54) is 23.5 Å². The van der Waals surface area contributed by atoms with E-state index >= 15 is 0 Å². The maximum atomic E-state index is 12.7. The van der Waals surface area contributed by atoms with Gasteiger partial charge in [-0.15, -0.1) is 11.3 Å². The van der Waals surface area contributed by atoms with E-state index in [0.29, 0.717) is 28.5 Å². The summed E-state index contributed by atoms with van der Waals surface area (Å²) in [4.78, 5) is 16.8. The fraction of sp³-hybridized carbons (Fsp3) is 0.136. The summed E-state index contributed by atoms with van der Waals surface area (Å²) in [7, 11) is 0. The Morgan fingerprint density at radius 1 is 1.10 bits per heavy atom. The van der Waals surface area contributed by atoms with Gasteiger partial charge in [0.05, 0.1) is 24.2 Å². The molecule has 0 aliphatic carbocycles. The van der Waals surface area contributed by atoms with Gasteiger partial charge in [0, 0.05) is 29.0 Å². The highest BCUT2D eigenvalue weighted by molar-refractivity contribution is 7.13. The highest BCUT2D eigenvalue weighted by Crippen LogP contribution is 2.31. The molecule has 4 rings (SSSR count). The molecule has 2 aromatic heterocycles. The summed E-state index contributed by atoms with van der Waals surface area (Å²) in [6, 6.07) is 14.2. The van der Waals surface area contributed by atoms with Gasteiger partial charge in [-0.05, 0) is 35.9 Å². The zero-order valence-electron chi connectivity index (χ0n) is 16.1. The predicted octanol–water partition coefficient (Wildman–Crippen LogP) is 5.25. The predicted molar refractivity (Wildman–Crippen MR) is 113 cm³/mol. The van der Waals surface area contributed by atoms with Crippen LogP contribution >= 0.6 is 11.3 Å². The molecule has 0 saturated heterocycles. The van der Waals surface area contributed by atoms with Crippen LogP contribution in [-0.4, -0.2) is 20.7 Å². The molecule has 5 nitrogen and oxygen atoms in total.